The van der Waals surface area contributed by atoms with Crippen molar-refractivity contribution in [3.05, 3.63) is 16.1 Å². The fourth-order valence-electron chi connectivity index (χ4n) is 1.76. The molecular formula is C13H21Cl2N3. The number of pyridine rings is 1. The van der Waals surface area contributed by atoms with Gasteiger partial charge < -0.3 is 11.1 Å². The minimum absolute atomic E-state index is 0.307. The van der Waals surface area contributed by atoms with Crippen molar-refractivity contribution < 1.29 is 0 Å². The quantitative estimate of drug-likeness (QED) is 0.713. The van der Waals surface area contributed by atoms with Crippen LogP contribution in [0.1, 0.15) is 46.0 Å². The number of nitrogen functional groups attached to an aromatic ring is 1. The minimum atomic E-state index is 0.307. The molecule has 18 heavy (non-hydrogen) atoms. The van der Waals surface area contributed by atoms with Crippen LogP contribution in [0.25, 0.3) is 0 Å². The Morgan fingerprint density at radius 1 is 1.28 bits per heavy atom. The molecule has 0 aromatic carbocycles. The second-order valence-electron chi connectivity index (χ2n) is 4.58. The third-order valence-electron chi connectivity index (χ3n) is 2.83. The molecule has 1 unspecified atom stereocenters. The fourth-order valence-corrected chi connectivity index (χ4v) is 2.18. The number of anilines is 2. The topological polar surface area (TPSA) is 50.9 Å². The highest BCUT2D eigenvalue weighted by Gasteiger charge is 2.09. The first-order valence-corrected chi connectivity index (χ1v) is 7.18. The van der Waals surface area contributed by atoms with Crippen molar-refractivity contribution in [3.63, 3.8) is 0 Å². The molecule has 0 fully saturated rings. The van der Waals surface area contributed by atoms with E-state index in [1.807, 2.05) is 0 Å². The predicted molar refractivity (Wildman–Crippen MR) is 80.5 cm³/mol. The van der Waals surface area contributed by atoms with E-state index in [1.54, 1.807) is 6.07 Å². The van der Waals surface area contributed by atoms with Crippen molar-refractivity contribution in [3.8, 4) is 0 Å². The van der Waals surface area contributed by atoms with Gasteiger partial charge in [0.15, 0.2) is 0 Å². The smallest absolute Gasteiger partial charge is 0.147 e. The van der Waals surface area contributed by atoms with Gasteiger partial charge in [0.05, 0.1) is 10.0 Å². The van der Waals surface area contributed by atoms with Crippen LogP contribution in [-0.2, 0) is 0 Å². The Kier molecular flexibility index (Phi) is 6.58. The van der Waals surface area contributed by atoms with Gasteiger partial charge in [-0.1, -0.05) is 55.8 Å². The lowest BCUT2D eigenvalue weighted by Gasteiger charge is -2.16. The van der Waals surface area contributed by atoms with E-state index in [9.17, 15) is 0 Å². The van der Waals surface area contributed by atoms with Crippen molar-refractivity contribution in [1.82, 2.24) is 4.98 Å². The van der Waals surface area contributed by atoms with Crippen LogP contribution in [-0.4, -0.2) is 11.0 Å². The zero-order chi connectivity index (χ0) is 13.5. The Labute approximate surface area is 119 Å². The number of rotatable bonds is 7. The molecule has 0 aliphatic heterocycles. The predicted octanol–water partition coefficient (Wildman–Crippen LogP) is 4.74. The van der Waals surface area contributed by atoms with Gasteiger partial charge in [-0.25, -0.2) is 4.98 Å². The SMILES string of the molecule is CCCCCCC(C)Nc1nc(N)c(Cl)cc1Cl. The number of unbranched alkanes of at least 4 members (excludes halogenated alkanes) is 3. The average Bonchev–Trinajstić information content (AvgIpc) is 2.32. The summed E-state index contributed by atoms with van der Waals surface area (Å²) in [6.07, 6.45) is 6.12. The summed E-state index contributed by atoms with van der Waals surface area (Å²) in [6, 6.07) is 1.95. The van der Waals surface area contributed by atoms with E-state index >= 15 is 0 Å². The average molecular weight is 290 g/mol. The monoisotopic (exact) mass is 289 g/mol. The third-order valence-corrected chi connectivity index (χ3v) is 3.42. The second-order valence-corrected chi connectivity index (χ2v) is 5.39. The summed E-state index contributed by atoms with van der Waals surface area (Å²) in [5, 5.41) is 4.17. The van der Waals surface area contributed by atoms with Crippen molar-refractivity contribution in [2.24, 2.45) is 0 Å². The standard InChI is InChI=1S/C13H21Cl2N3/c1-3-4-5-6-7-9(2)17-13-11(15)8-10(14)12(16)18-13/h8-9H,3-7H2,1-2H3,(H3,16,17,18). The Balaban J connectivity index is 2.48. The molecule has 0 bridgehead atoms. The van der Waals surface area contributed by atoms with Crippen LogP contribution in [0.15, 0.2) is 6.07 Å². The lowest BCUT2D eigenvalue weighted by atomic mass is 10.1. The molecule has 5 heteroatoms. The molecule has 1 atom stereocenters. The Bertz CT molecular complexity index is 383. The molecule has 102 valence electrons. The maximum absolute atomic E-state index is 6.06. The Morgan fingerprint density at radius 3 is 2.67 bits per heavy atom. The van der Waals surface area contributed by atoms with E-state index < -0.39 is 0 Å². The number of nitrogens with zero attached hydrogens (tertiary/aromatic N) is 1. The number of aromatic nitrogens is 1. The van der Waals surface area contributed by atoms with Crippen LogP contribution in [0.3, 0.4) is 0 Å². The molecule has 3 N–H and O–H groups in total. The maximum atomic E-state index is 6.06. The van der Waals surface area contributed by atoms with Crippen LogP contribution >= 0.6 is 23.2 Å². The fraction of sp³-hybridized carbons (Fsp3) is 0.615. The Hall–Kier alpha value is -0.670. The van der Waals surface area contributed by atoms with E-state index in [4.69, 9.17) is 28.9 Å². The van der Waals surface area contributed by atoms with Crippen molar-refractivity contribution >= 4 is 34.8 Å². The molecule has 0 radical (unpaired) electrons. The van der Waals surface area contributed by atoms with E-state index in [0.29, 0.717) is 27.7 Å². The van der Waals surface area contributed by atoms with Crippen LogP contribution in [0.4, 0.5) is 11.6 Å². The molecule has 0 amide bonds. The van der Waals surface area contributed by atoms with Gasteiger partial charge in [-0.05, 0) is 19.4 Å². The summed E-state index contributed by atoms with van der Waals surface area (Å²) >= 11 is 11.9. The molecule has 1 aromatic rings. The highest BCUT2D eigenvalue weighted by atomic mass is 35.5. The molecule has 1 rings (SSSR count). The van der Waals surface area contributed by atoms with Gasteiger partial charge in [0.25, 0.3) is 0 Å². The maximum Gasteiger partial charge on any atom is 0.147 e. The molecule has 1 heterocycles. The molecule has 1 aromatic heterocycles. The van der Waals surface area contributed by atoms with Gasteiger partial charge >= 0.3 is 0 Å². The Morgan fingerprint density at radius 2 is 2.00 bits per heavy atom. The summed E-state index contributed by atoms with van der Waals surface area (Å²) in [5.74, 6) is 0.920. The van der Waals surface area contributed by atoms with Gasteiger partial charge in [0.1, 0.15) is 11.6 Å². The van der Waals surface area contributed by atoms with E-state index in [2.05, 4.69) is 24.1 Å². The molecule has 3 nitrogen and oxygen atoms in total. The highest BCUT2D eigenvalue weighted by molar-refractivity contribution is 6.37. The number of hydrogen-bond donors (Lipinski definition) is 2. The van der Waals surface area contributed by atoms with Crippen LogP contribution in [0, 0.1) is 0 Å². The van der Waals surface area contributed by atoms with Gasteiger partial charge in [-0.2, -0.15) is 0 Å². The summed E-state index contributed by atoms with van der Waals surface area (Å²) in [4.78, 5) is 4.16. The van der Waals surface area contributed by atoms with E-state index in [0.717, 1.165) is 6.42 Å². The van der Waals surface area contributed by atoms with Gasteiger partial charge in [-0.15, -0.1) is 0 Å². The lowest BCUT2D eigenvalue weighted by Crippen LogP contribution is -2.16. The summed E-state index contributed by atoms with van der Waals surface area (Å²) < 4.78 is 0. The number of halogens is 2. The van der Waals surface area contributed by atoms with Crippen molar-refractivity contribution in [2.45, 2.75) is 52.0 Å². The van der Waals surface area contributed by atoms with E-state index in [1.165, 1.54) is 25.7 Å². The molecule has 0 saturated carbocycles. The summed E-state index contributed by atoms with van der Waals surface area (Å²) in [7, 11) is 0. The number of nitrogens with one attached hydrogen (secondary N) is 1. The third kappa shape index (κ3) is 4.91. The van der Waals surface area contributed by atoms with E-state index in [-0.39, 0.29) is 0 Å². The highest BCUT2D eigenvalue weighted by Crippen LogP contribution is 2.28. The van der Waals surface area contributed by atoms with Crippen LogP contribution in [0.2, 0.25) is 10.0 Å². The molecule has 0 aliphatic rings. The molecular weight excluding hydrogens is 269 g/mol. The van der Waals surface area contributed by atoms with Crippen LogP contribution < -0.4 is 11.1 Å². The summed E-state index contributed by atoms with van der Waals surface area (Å²) in [5.41, 5.74) is 5.66. The van der Waals surface area contributed by atoms with Crippen molar-refractivity contribution in [2.75, 3.05) is 11.1 Å². The zero-order valence-corrected chi connectivity index (χ0v) is 12.5. The number of hydrogen-bond acceptors (Lipinski definition) is 3. The lowest BCUT2D eigenvalue weighted by molar-refractivity contribution is 0.593. The first-order valence-electron chi connectivity index (χ1n) is 6.42. The van der Waals surface area contributed by atoms with Gasteiger partial charge in [0, 0.05) is 6.04 Å². The molecule has 0 spiro atoms. The minimum Gasteiger partial charge on any atom is -0.382 e. The molecule has 0 aliphatic carbocycles. The van der Waals surface area contributed by atoms with Gasteiger partial charge in [-0.3, -0.25) is 0 Å². The second kappa shape index (κ2) is 7.70. The normalized spacial score (nSPS) is 12.4. The largest absolute Gasteiger partial charge is 0.382 e. The summed E-state index contributed by atoms with van der Waals surface area (Å²) in [6.45, 7) is 4.33. The van der Waals surface area contributed by atoms with Gasteiger partial charge in [0.2, 0.25) is 0 Å². The number of nitrogens with two attached hydrogens (primary N) is 1. The molecule has 0 saturated heterocycles. The van der Waals surface area contributed by atoms with Crippen molar-refractivity contribution in [1.29, 1.82) is 0 Å². The first kappa shape index (κ1) is 15.4. The zero-order valence-electron chi connectivity index (χ0n) is 11.0. The van der Waals surface area contributed by atoms with Crippen LogP contribution in [0.5, 0.6) is 0 Å². The first-order chi connectivity index (χ1) is 8.54.